The van der Waals surface area contributed by atoms with Crippen LogP contribution in [0.1, 0.15) is 5.69 Å². The predicted molar refractivity (Wildman–Crippen MR) is 92.2 cm³/mol. The minimum Gasteiger partial charge on any atom is -0.462 e. The molecule has 138 valence electrons. The lowest BCUT2D eigenvalue weighted by atomic mass is 10.0. The van der Waals surface area contributed by atoms with Crippen LogP contribution in [0.4, 0.5) is 13.2 Å². The van der Waals surface area contributed by atoms with Crippen molar-refractivity contribution in [3.05, 3.63) is 62.8 Å². The van der Waals surface area contributed by atoms with E-state index >= 15 is 0 Å². The van der Waals surface area contributed by atoms with Gasteiger partial charge in [0.1, 0.15) is 5.02 Å². The van der Waals surface area contributed by atoms with Crippen molar-refractivity contribution in [3.63, 3.8) is 0 Å². The molecule has 27 heavy (non-hydrogen) atoms. The zero-order chi connectivity index (χ0) is 19.3. The molecule has 0 unspecified atom stereocenters. The summed E-state index contributed by atoms with van der Waals surface area (Å²) in [6.45, 7) is 0. The summed E-state index contributed by atoms with van der Waals surface area (Å²) in [7, 11) is 0. The number of alkyl halides is 3. The molecule has 0 atom stereocenters. The Morgan fingerprint density at radius 2 is 1.96 bits per heavy atom. The first kappa shape index (κ1) is 17.6. The third-order valence-electron chi connectivity index (χ3n) is 3.82. The van der Waals surface area contributed by atoms with Crippen LogP contribution in [0, 0.1) is 0 Å². The van der Waals surface area contributed by atoms with Crippen LogP contribution in [-0.2, 0) is 6.18 Å². The number of furan rings is 1. The van der Waals surface area contributed by atoms with Crippen LogP contribution in [0.3, 0.4) is 0 Å². The van der Waals surface area contributed by atoms with Crippen LogP contribution in [0.2, 0.25) is 10.0 Å². The fraction of sp³-hybridized carbons (Fsp3) is 0.0625. The minimum atomic E-state index is -4.65. The van der Waals surface area contributed by atoms with Gasteiger partial charge in [-0.2, -0.15) is 13.2 Å². The average molecular weight is 415 g/mol. The highest BCUT2D eigenvalue weighted by Gasteiger charge is 2.35. The van der Waals surface area contributed by atoms with Crippen molar-refractivity contribution in [1.82, 2.24) is 20.0 Å². The number of nitrogens with one attached hydrogen (secondary N) is 1. The van der Waals surface area contributed by atoms with E-state index in [0.29, 0.717) is 5.52 Å². The summed E-state index contributed by atoms with van der Waals surface area (Å²) in [5.41, 5.74) is -0.490. The lowest BCUT2D eigenvalue weighted by Gasteiger charge is -2.11. The number of H-pyrrole nitrogens is 1. The third-order valence-corrected chi connectivity index (χ3v) is 4.41. The summed E-state index contributed by atoms with van der Waals surface area (Å²) in [5, 5.41) is 6.76. The molecule has 0 aliphatic heterocycles. The summed E-state index contributed by atoms with van der Waals surface area (Å²) in [6, 6.07) is 5.89. The lowest BCUT2D eigenvalue weighted by molar-refractivity contribution is -0.141. The number of benzene rings is 1. The Labute approximate surface area is 158 Å². The Kier molecular flexibility index (Phi) is 4.01. The lowest BCUT2D eigenvalue weighted by Crippen LogP contribution is -2.08. The molecule has 0 aliphatic rings. The van der Waals surface area contributed by atoms with Gasteiger partial charge in [-0.05, 0) is 18.2 Å². The largest absolute Gasteiger partial charge is 0.462 e. The van der Waals surface area contributed by atoms with Gasteiger partial charge in [0.15, 0.2) is 11.3 Å². The SMILES string of the molecule is O=c1[nH]c2ccoc2c(-c2cc(Cl)ccc2-n2cc(C(F)(F)F)nn2)c1Cl. The summed E-state index contributed by atoms with van der Waals surface area (Å²) >= 11 is 12.2. The number of halogens is 5. The van der Waals surface area contributed by atoms with Crippen LogP contribution in [-0.4, -0.2) is 20.0 Å². The van der Waals surface area contributed by atoms with E-state index in [9.17, 15) is 18.0 Å². The quantitative estimate of drug-likeness (QED) is 0.515. The van der Waals surface area contributed by atoms with E-state index in [1.807, 2.05) is 0 Å². The molecule has 0 aliphatic carbocycles. The fourth-order valence-electron chi connectivity index (χ4n) is 2.65. The average Bonchev–Trinajstić information content (AvgIpc) is 3.24. The Hall–Kier alpha value is -2.78. The second-order valence-corrected chi connectivity index (χ2v) is 6.33. The van der Waals surface area contributed by atoms with Gasteiger partial charge in [0.25, 0.3) is 5.56 Å². The van der Waals surface area contributed by atoms with E-state index < -0.39 is 17.4 Å². The zero-order valence-corrected chi connectivity index (χ0v) is 14.5. The second kappa shape index (κ2) is 6.14. The Morgan fingerprint density at radius 1 is 1.19 bits per heavy atom. The highest BCUT2D eigenvalue weighted by atomic mass is 35.5. The molecule has 6 nitrogen and oxygen atoms in total. The molecule has 3 heterocycles. The maximum atomic E-state index is 12.9. The molecule has 0 amide bonds. The molecule has 0 fully saturated rings. The number of hydrogen-bond acceptors (Lipinski definition) is 4. The molecular weight excluding hydrogens is 408 g/mol. The van der Waals surface area contributed by atoms with Crippen molar-refractivity contribution in [1.29, 1.82) is 0 Å². The first-order valence-electron chi connectivity index (χ1n) is 7.34. The molecule has 0 spiro atoms. The van der Waals surface area contributed by atoms with Gasteiger partial charge in [0, 0.05) is 16.7 Å². The Bertz CT molecular complexity index is 1230. The fourth-order valence-corrected chi connectivity index (χ4v) is 3.06. The normalized spacial score (nSPS) is 12.0. The molecule has 4 aromatic rings. The van der Waals surface area contributed by atoms with Crippen molar-refractivity contribution in [3.8, 4) is 16.8 Å². The first-order chi connectivity index (χ1) is 12.8. The van der Waals surface area contributed by atoms with Crippen molar-refractivity contribution in [2.24, 2.45) is 0 Å². The van der Waals surface area contributed by atoms with Crippen molar-refractivity contribution in [2.75, 3.05) is 0 Å². The summed E-state index contributed by atoms with van der Waals surface area (Å²) in [4.78, 5) is 14.7. The number of aromatic nitrogens is 4. The van der Waals surface area contributed by atoms with Gasteiger partial charge in [0.2, 0.25) is 0 Å². The van der Waals surface area contributed by atoms with Gasteiger partial charge in [-0.3, -0.25) is 4.79 Å². The molecule has 1 aromatic carbocycles. The van der Waals surface area contributed by atoms with Crippen molar-refractivity contribution < 1.29 is 17.6 Å². The van der Waals surface area contributed by atoms with E-state index in [1.165, 1.54) is 30.5 Å². The topological polar surface area (TPSA) is 76.7 Å². The van der Waals surface area contributed by atoms with E-state index in [2.05, 4.69) is 15.3 Å². The molecular formula is C16H7Cl2F3N4O2. The maximum absolute atomic E-state index is 12.9. The smallest absolute Gasteiger partial charge is 0.436 e. The highest BCUT2D eigenvalue weighted by molar-refractivity contribution is 6.35. The number of rotatable bonds is 2. The Morgan fingerprint density at radius 3 is 2.67 bits per heavy atom. The second-order valence-electron chi connectivity index (χ2n) is 5.51. The van der Waals surface area contributed by atoms with E-state index in [4.69, 9.17) is 27.6 Å². The van der Waals surface area contributed by atoms with Gasteiger partial charge < -0.3 is 9.40 Å². The van der Waals surface area contributed by atoms with Gasteiger partial charge in [-0.1, -0.05) is 28.4 Å². The molecule has 0 saturated heterocycles. The molecule has 0 bridgehead atoms. The van der Waals surface area contributed by atoms with Crippen molar-refractivity contribution in [2.45, 2.75) is 6.18 Å². The minimum absolute atomic E-state index is 0.182. The van der Waals surface area contributed by atoms with Gasteiger partial charge in [-0.25, -0.2) is 4.68 Å². The van der Waals surface area contributed by atoms with E-state index in [1.54, 1.807) is 0 Å². The number of nitrogens with zero attached hydrogens (tertiary/aromatic N) is 3. The number of hydrogen-bond donors (Lipinski definition) is 1. The predicted octanol–water partition coefficient (Wildman–Crippen LogP) is 4.69. The molecule has 3 aromatic heterocycles. The van der Waals surface area contributed by atoms with Crippen LogP contribution in [0.5, 0.6) is 0 Å². The number of fused-ring (bicyclic) bond motifs is 1. The number of aromatic amines is 1. The van der Waals surface area contributed by atoms with Gasteiger partial charge in [0.05, 0.1) is 29.2 Å². The maximum Gasteiger partial charge on any atom is 0.436 e. The highest BCUT2D eigenvalue weighted by Crippen LogP contribution is 2.38. The molecule has 11 heteroatoms. The van der Waals surface area contributed by atoms with Crippen LogP contribution >= 0.6 is 23.2 Å². The third kappa shape index (κ3) is 2.98. The Balaban J connectivity index is 2.02. The monoisotopic (exact) mass is 414 g/mol. The van der Waals surface area contributed by atoms with E-state index in [0.717, 1.165) is 10.9 Å². The van der Waals surface area contributed by atoms with Gasteiger partial charge in [-0.15, -0.1) is 5.10 Å². The molecule has 4 rings (SSSR count). The molecule has 0 radical (unpaired) electrons. The van der Waals surface area contributed by atoms with Crippen LogP contribution in [0.25, 0.3) is 27.9 Å². The standard InChI is InChI=1S/C16H7Cl2F3N4O2/c17-7-1-2-10(25-6-11(23-24-25)16(19,20)21)8(5-7)12-13(18)15(26)22-9-3-4-27-14(9)12/h1-6H,(H,22,26). The van der Waals surface area contributed by atoms with Crippen molar-refractivity contribution >= 4 is 34.3 Å². The van der Waals surface area contributed by atoms with E-state index in [-0.39, 0.29) is 32.4 Å². The number of pyridine rings is 1. The summed E-state index contributed by atoms with van der Waals surface area (Å²) < 4.78 is 44.9. The van der Waals surface area contributed by atoms with Crippen LogP contribution in [0.15, 0.2) is 45.9 Å². The summed E-state index contributed by atoms with van der Waals surface area (Å²) in [5.74, 6) is 0. The summed E-state index contributed by atoms with van der Waals surface area (Å²) in [6.07, 6.45) is -2.57. The first-order valence-corrected chi connectivity index (χ1v) is 8.10. The zero-order valence-electron chi connectivity index (χ0n) is 13.0. The van der Waals surface area contributed by atoms with Crippen LogP contribution < -0.4 is 5.56 Å². The molecule has 0 saturated carbocycles. The molecule has 1 N–H and O–H groups in total. The van der Waals surface area contributed by atoms with Gasteiger partial charge >= 0.3 is 6.18 Å².